The Bertz CT molecular complexity index is 6.85. The summed E-state index contributed by atoms with van der Waals surface area (Å²) in [6, 6.07) is 0. The molecular weight excluding hydrogens is 524 g/mol. The van der Waals surface area contributed by atoms with Crippen LogP contribution < -0.4 is 0 Å². The first-order chi connectivity index (χ1) is 0. The van der Waals surface area contributed by atoms with Gasteiger partial charge in [0.1, 0.15) is 0 Å². The largest absolute Gasteiger partial charge is 0.412 e. The van der Waals surface area contributed by atoms with Gasteiger partial charge in [0.25, 0.3) is 0 Å². The van der Waals surface area contributed by atoms with Crippen molar-refractivity contribution in [2.45, 2.75) is 0 Å². The molecule has 0 aliphatic carbocycles. The van der Waals surface area contributed by atoms with Gasteiger partial charge in [-0.2, -0.15) is 0 Å². The van der Waals surface area contributed by atoms with Gasteiger partial charge in [0.05, 0.1) is 0 Å². The molecule has 0 atom stereocenters. The van der Waals surface area contributed by atoms with Gasteiger partial charge in [0.15, 0.2) is 0 Å². The van der Waals surface area contributed by atoms with E-state index in [1.807, 2.05) is 0 Å². The van der Waals surface area contributed by atoms with E-state index >= 15 is 0 Å². The average Bonchev–Trinajstić information content (AvgIpc) is 0. The molecule has 0 spiro atoms. The van der Waals surface area contributed by atoms with Gasteiger partial charge in [-0.3, -0.25) is 0 Å². The first kappa shape index (κ1) is 57.4. The second-order valence-electron chi connectivity index (χ2n) is 0. The van der Waals surface area contributed by atoms with Gasteiger partial charge in [-0.1, -0.05) is 0 Å². The van der Waals surface area contributed by atoms with Crippen molar-refractivity contribution in [3.05, 3.63) is 0 Å². The molecule has 0 aliphatic heterocycles. The SMILES string of the molecule is O.O.O.[Pu].[Th]. The molecular formula is H6O3PuTh. The van der Waals surface area contributed by atoms with Crippen LogP contribution in [0.5, 0.6) is 0 Å². The van der Waals surface area contributed by atoms with Gasteiger partial charge in [-0.15, -0.1) is 0 Å². The zero-order chi connectivity index (χ0) is 0. The maximum Gasteiger partial charge on any atom is 0 e. The fourth-order valence-electron chi connectivity index (χ4n) is 0. The molecule has 0 bridgehead atoms. The van der Waals surface area contributed by atoms with Crippen LogP contribution in [0, 0.1) is 69.1 Å². The van der Waals surface area contributed by atoms with E-state index < -0.39 is 0 Å². The van der Waals surface area contributed by atoms with Crippen LogP contribution in [-0.4, -0.2) is 16.4 Å². The van der Waals surface area contributed by atoms with E-state index in [1.165, 1.54) is 0 Å². The Balaban J connectivity index is 0. The zero-order valence-corrected chi connectivity index (χ0v) is 9.92. The maximum atomic E-state index is 0. The van der Waals surface area contributed by atoms with Crippen LogP contribution in [0.3, 0.4) is 0 Å². The third-order valence-electron chi connectivity index (χ3n) is 0. The second-order valence-corrected chi connectivity index (χ2v) is 0. The molecule has 34 valence electrons. The van der Waals surface area contributed by atoms with Gasteiger partial charge in [0.2, 0.25) is 0 Å². The van der Waals surface area contributed by atoms with Crippen LogP contribution in [-0.2, 0) is 0 Å². The predicted octanol–water partition coefficient (Wildman–Crippen LogP) is -2.47. The Morgan fingerprint density at radius 1 is 0.600 bits per heavy atom. The standard InChI is InChI=1S/3H2O.Pu.Th/h3*1H2;;. The van der Waals surface area contributed by atoms with Crippen molar-refractivity contribution in [1.82, 2.24) is 0 Å². The van der Waals surface area contributed by atoms with E-state index in [1.54, 1.807) is 0 Å². The summed E-state index contributed by atoms with van der Waals surface area (Å²) in [7, 11) is 0. The number of hydrogen-bond donors (Lipinski definition) is 0. The van der Waals surface area contributed by atoms with Crippen LogP contribution in [0.1, 0.15) is 0 Å². The molecule has 0 saturated heterocycles. The van der Waals surface area contributed by atoms with Crippen molar-refractivity contribution in [2.24, 2.45) is 0 Å². The molecule has 0 fully saturated rings. The molecule has 0 unspecified atom stereocenters. The summed E-state index contributed by atoms with van der Waals surface area (Å²) in [4.78, 5) is 0. The third-order valence-corrected chi connectivity index (χ3v) is 0. The van der Waals surface area contributed by atoms with Gasteiger partial charge in [-0.25, -0.2) is 0 Å². The molecule has 0 aromatic heterocycles. The van der Waals surface area contributed by atoms with Gasteiger partial charge < -0.3 is 16.4 Å². The zero-order valence-electron chi connectivity index (χ0n) is 2.41. The van der Waals surface area contributed by atoms with Crippen molar-refractivity contribution in [1.29, 1.82) is 0 Å². The van der Waals surface area contributed by atoms with Crippen molar-refractivity contribution in [3.63, 3.8) is 0 Å². The minimum atomic E-state index is 0. The number of rotatable bonds is 0. The molecule has 5 heavy (non-hydrogen) atoms. The topological polar surface area (TPSA) is 94.5 Å². The molecule has 0 aromatic carbocycles. The van der Waals surface area contributed by atoms with E-state index in [-0.39, 0.29) is 85.5 Å². The van der Waals surface area contributed by atoms with E-state index in [9.17, 15) is 0 Å². The Morgan fingerprint density at radius 3 is 0.600 bits per heavy atom. The summed E-state index contributed by atoms with van der Waals surface area (Å²) >= 11 is 0. The Morgan fingerprint density at radius 2 is 0.600 bits per heavy atom. The summed E-state index contributed by atoms with van der Waals surface area (Å²) in [6.45, 7) is 0. The summed E-state index contributed by atoms with van der Waals surface area (Å²) in [5, 5.41) is 0. The van der Waals surface area contributed by atoms with Crippen LogP contribution >= 0.6 is 0 Å². The smallest absolute Gasteiger partial charge is 0 e. The maximum absolute atomic E-state index is 0. The normalized spacial score (nSPS) is 0. The molecule has 0 amide bonds. The Labute approximate surface area is 84.0 Å². The Hall–Kier alpha value is 2.19. The molecule has 0 aromatic rings. The fourth-order valence-corrected chi connectivity index (χ4v) is 0. The van der Waals surface area contributed by atoms with E-state index in [0.29, 0.717) is 0 Å². The summed E-state index contributed by atoms with van der Waals surface area (Å²) in [6.07, 6.45) is 0. The van der Waals surface area contributed by atoms with Crippen molar-refractivity contribution >= 4 is 0 Å². The predicted molar refractivity (Wildman–Crippen MR) is 10.8 cm³/mol. The minimum Gasteiger partial charge on any atom is -0.412 e. The van der Waals surface area contributed by atoms with Crippen LogP contribution in [0.25, 0.3) is 0 Å². The summed E-state index contributed by atoms with van der Waals surface area (Å²) in [5.41, 5.74) is 0. The Kier molecular flexibility index (Phi) is 399. The minimum absolute atomic E-state index is 0. The van der Waals surface area contributed by atoms with Crippen LogP contribution in [0.15, 0.2) is 0 Å². The quantitative estimate of drug-likeness (QED) is 0.332. The molecule has 6 N–H and O–H groups in total. The molecule has 0 saturated carbocycles. The molecule has 0 heterocycles. The average molecular weight is 530 g/mol. The monoisotopic (exact) mass is 524 g/mol. The van der Waals surface area contributed by atoms with E-state index in [2.05, 4.69) is 0 Å². The van der Waals surface area contributed by atoms with Crippen molar-refractivity contribution in [2.75, 3.05) is 0 Å². The summed E-state index contributed by atoms with van der Waals surface area (Å²) < 4.78 is 0. The number of hydrogen-bond acceptors (Lipinski definition) is 0. The van der Waals surface area contributed by atoms with Crippen molar-refractivity contribution < 1.29 is 85.5 Å². The summed E-state index contributed by atoms with van der Waals surface area (Å²) in [5.74, 6) is 0. The molecule has 0 aliphatic rings. The van der Waals surface area contributed by atoms with Gasteiger partial charge >= 0.3 is 0 Å². The van der Waals surface area contributed by atoms with Crippen LogP contribution in [0.2, 0.25) is 0 Å². The third kappa shape index (κ3) is 22.6. The molecule has 0 radical (unpaired) electrons. The first-order valence-corrected chi connectivity index (χ1v) is 0. The van der Waals surface area contributed by atoms with E-state index in [4.69, 9.17) is 0 Å². The van der Waals surface area contributed by atoms with Crippen LogP contribution in [0.4, 0.5) is 0 Å². The molecule has 5 heteroatoms. The molecule has 3 nitrogen and oxygen atoms in total. The fraction of sp³-hybridized carbons (Fsp3) is 0. The van der Waals surface area contributed by atoms with Gasteiger partial charge in [-0.05, 0) is 0 Å². The molecule has 0 rings (SSSR count). The van der Waals surface area contributed by atoms with E-state index in [0.717, 1.165) is 0 Å². The first-order valence-electron chi connectivity index (χ1n) is 0. The van der Waals surface area contributed by atoms with Crippen molar-refractivity contribution in [3.8, 4) is 0 Å². The van der Waals surface area contributed by atoms with Gasteiger partial charge in [0, 0.05) is 69.1 Å². The second kappa shape index (κ2) is 34.7.